The summed E-state index contributed by atoms with van der Waals surface area (Å²) in [6.07, 6.45) is 3.80. The highest BCUT2D eigenvalue weighted by Gasteiger charge is 2.32. The van der Waals surface area contributed by atoms with Crippen molar-refractivity contribution in [1.82, 2.24) is 25.4 Å². The summed E-state index contributed by atoms with van der Waals surface area (Å²) in [5.41, 5.74) is 3.43. The predicted molar refractivity (Wildman–Crippen MR) is 107 cm³/mol. The van der Waals surface area contributed by atoms with Gasteiger partial charge in [0.25, 0.3) is 0 Å². The molecule has 1 unspecified atom stereocenters. The highest BCUT2D eigenvalue weighted by molar-refractivity contribution is 7.13. The van der Waals surface area contributed by atoms with Crippen molar-refractivity contribution in [1.29, 1.82) is 0 Å². The van der Waals surface area contributed by atoms with Gasteiger partial charge in [-0.2, -0.15) is 5.10 Å². The largest absolute Gasteiger partial charge is 0.336 e. The quantitative estimate of drug-likeness (QED) is 0.617. The number of hydrogen-bond donors (Lipinski definition) is 3. The highest BCUT2D eigenvalue weighted by atomic mass is 32.1. The summed E-state index contributed by atoms with van der Waals surface area (Å²) in [5.74, 6) is -0.0666. The Kier molecular flexibility index (Phi) is 5.07. The minimum absolute atomic E-state index is 0.0666. The van der Waals surface area contributed by atoms with Crippen LogP contribution in [0.25, 0.3) is 10.7 Å². The van der Waals surface area contributed by atoms with E-state index < -0.39 is 12.1 Å². The zero-order valence-electron chi connectivity index (χ0n) is 15.3. The first-order valence-electron chi connectivity index (χ1n) is 8.95. The molecular weight excluding hydrogens is 376 g/mol. The summed E-state index contributed by atoms with van der Waals surface area (Å²) in [7, 11) is 0. The lowest BCUT2D eigenvalue weighted by Crippen LogP contribution is -2.43. The van der Waals surface area contributed by atoms with Crippen molar-refractivity contribution in [3.63, 3.8) is 0 Å². The molecule has 1 aromatic carbocycles. The SMILES string of the molecule is Cc1ccc(CN2CCC(NC(=O)Nc3cn[nH]c3-c3nccs3)C2=O)cc1. The fraction of sp³-hybridized carbons (Fsp3) is 0.263. The summed E-state index contributed by atoms with van der Waals surface area (Å²) in [4.78, 5) is 31.0. The number of hydrogen-bond acceptors (Lipinski definition) is 5. The number of urea groups is 1. The van der Waals surface area contributed by atoms with Crippen LogP contribution in [0.2, 0.25) is 0 Å². The highest BCUT2D eigenvalue weighted by Crippen LogP contribution is 2.26. The van der Waals surface area contributed by atoms with Crippen molar-refractivity contribution in [2.24, 2.45) is 0 Å². The maximum atomic E-state index is 12.6. The van der Waals surface area contributed by atoms with Crippen LogP contribution in [0.5, 0.6) is 0 Å². The van der Waals surface area contributed by atoms with Crippen molar-refractivity contribution < 1.29 is 9.59 Å². The van der Waals surface area contributed by atoms with Crippen molar-refractivity contribution in [2.75, 3.05) is 11.9 Å². The second-order valence-electron chi connectivity index (χ2n) is 6.68. The van der Waals surface area contributed by atoms with Gasteiger partial charge >= 0.3 is 6.03 Å². The molecule has 4 rings (SSSR count). The molecule has 3 heterocycles. The van der Waals surface area contributed by atoms with Gasteiger partial charge in [-0.25, -0.2) is 9.78 Å². The fourth-order valence-electron chi connectivity index (χ4n) is 3.15. The van der Waals surface area contributed by atoms with E-state index in [0.717, 1.165) is 10.6 Å². The number of carbonyl (C=O) groups excluding carboxylic acids is 2. The van der Waals surface area contributed by atoms with Crippen molar-refractivity contribution in [3.05, 3.63) is 53.2 Å². The molecule has 28 heavy (non-hydrogen) atoms. The molecule has 0 spiro atoms. The molecule has 144 valence electrons. The van der Waals surface area contributed by atoms with E-state index in [1.54, 1.807) is 11.1 Å². The van der Waals surface area contributed by atoms with Gasteiger partial charge in [0.15, 0.2) is 0 Å². The average Bonchev–Trinajstić information content (AvgIpc) is 3.41. The van der Waals surface area contributed by atoms with Crippen LogP contribution in [-0.2, 0) is 11.3 Å². The Bertz CT molecular complexity index is 967. The summed E-state index contributed by atoms with van der Waals surface area (Å²) < 4.78 is 0. The first-order chi connectivity index (χ1) is 13.6. The molecule has 3 amide bonds. The Morgan fingerprint density at radius 3 is 2.93 bits per heavy atom. The average molecular weight is 396 g/mol. The third-order valence-corrected chi connectivity index (χ3v) is 5.42. The molecule has 1 aliphatic rings. The molecule has 8 nitrogen and oxygen atoms in total. The summed E-state index contributed by atoms with van der Waals surface area (Å²) in [5, 5.41) is 14.9. The molecule has 0 radical (unpaired) electrons. The fourth-order valence-corrected chi connectivity index (χ4v) is 3.80. The molecule has 9 heteroatoms. The number of nitrogens with one attached hydrogen (secondary N) is 3. The number of nitrogens with zero attached hydrogens (tertiary/aromatic N) is 3. The number of aromatic amines is 1. The van der Waals surface area contributed by atoms with Crippen LogP contribution in [0, 0.1) is 6.92 Å². The van der Waals surface area contributed by atoms with Crippen LogP contribution in [-0.4, -0.2) is 44.6 Å². The van der Waals surface area contributed by atoms with E-state index in [1.807, 2.05) is 36.6 Å². The van der Waals surface area contributed by atoms with Gasteiger partial charge in [0.2, 0.25) is 5.91 Å². The van der Waals surface area contributed by atoms with E-state index in [2.05, 4.69) is 25.8 Å². The van der Waals surface area contributed by atoms with Crippen LogP contribution in [0.15, 0.2) is 42.0 Å². The van der Waals surface area contributed by atoms with Crippen LogP contribution in [0.4, 0.5) is 10.5 Å². The molecule has 0 aliphatic carbocycles. The van der Waals surface area contributed by atoms with E-state index in [4.69, 9.17) is 0 Å². The molecule has 1 atom stereocenters. The molecular formula is C19H20N6O2S. The van der Waals surface area contributed by atoms with Gasteiger partial charge in [-0.05, 0) is 18.9 Å². The van der Waals surface area contributed by atoms with Crippen molar-refractivity contribution in [2.45, 2.75) is 25.9 Å². The van der Waals surface area contributed by atoms with Gasteiger partial charge in [0.05, 0.1) is 11.9 Å². The lowest BCUT2D eigenvalue weighted by molar-refractivity contribution is -0.129. The number of aryl methyl sites for hydroxylation is 1. The number of benzene rings is 1. The lowest BCUT2D eigenvalue weighted by atomic mass is 10.1. The second-order valence-corrected chi connectivity index (χ2v) is 7.58. The third kappa shape index (κ3) is 3.89. The Morgan fingerprint density at radius 2 is 2.18 bits per heavy atom. The van der Waals surface area contributed by atoms with Crippen molar-refractivity contribution in [3.8, 4) is 10.7 Å². The van der Waals surface area contributed by atoms with Crippen LogP contribution in [0.3, 0.4) is 0 Å². The van der Waals surface area contributed by atoms with E-state index in [0.29, 0.717) is 30.9 Å². The smallest absolute Gasteiger partial charge is 0.319 e. The van der Waals surface area contributed by atoms with E-state index >= 15 is 0 Å². The van der Waals surface area contributed by atoms with Gasteiger partial charge < -0.3 is 15.5 Å². The number of H-pyrrole nitrogens is 1. The third-order valence-electron chi connectivity index (χ3n) is 4.63. The number of likely N-dealkylation sites (tertiary alicyclic amines) is 1. The molecule has 0 saturated carbocycles. The van der Waals surface area contributed by atoms with Gasteiger partial charge in [-0.3, -0.25) is 9.89 Å². The van der Waals surface area contributed by atoms with Crippen molar-refractivity contribution >= 4 is 29.0 Å². The Hall–Kier alpha value is -3.20. The Morgan fingerprint density at radius 1 is 1.36 bits per heavy atom. The first-order valence-corrected chi connectivity index (χ1v) is 9.83. The van der Waals surface area contributed by atoms with E-state index in [9.17, 15) is 9.59 Å². The topological polar surface area (TPSA) is 103 Å². The second kappa shape index (κ2) is 7.81. The maximum Gasteiger partial charge on any atom is 0.319 e. The summed E-state index contributed by atoms with van der Waals surface area (Å²) >= 11 is 1.44. The van der Waals surface area contributed by atoms with E-state index in [-0.39, 0.29) is 5.91 Å². The maximum absolute atomic E-state index is 12.6. The van der Waals surface area contributed by atoms with Crippen LogP contribution in [0.1, 0.15) is 17.5 Å². The number of rotatable bonds is 5. The number of amides is 3. The number of thiazole rings is 1. The molecule has 3 N–H and O–H groups in total. The van der Waals surface area contributed by atoms with Gasteiger partial charge in [-0.15, -0.1) is 11.3 Å². The predicted octanol–water partition coefficient (Wildman–Crippen LogP) is 2.76. The van der Waals surface area contributed by atoms with Crippen LogP contribution < -0.4 is 10.6 Å². The minimum Gasteiger partial charge on any atom is -0.336 e. The van der Waals surface area contributed by atoms with Gasteiger partial charge in [0.1, 0.15) is 16.7 Å². The Balaban J connectivity index is 1.35. The zero-order chi connectivity index (χ0) is 19.5. The Labute approximate surface area is 166 Å². The summed E-state index contributed by atoms with van der Waals surface area (Å²) in [6.45, 7) is 3.20. The molecule has 1 fully saturated rings. The first kappa shape index (κ1) is 18.2. The number of aromatic nitrogens is 3. The lowest BCUT2D eigenvalue weighted by Gasteiger charge is -2.17. The zero-order valence-corrected chi connectivity index (χ0v) is 16.1. The number of carbonyl (C=O) groups is 2. The molecule has 1 saturated heterocycles. The standard InChI is InChI=1S/C19H20N6O2S/c1-12-2-4-13(5-3-12)11-25-8-6-14(18(25)26)22-19(27)23-15-10-21-24-16(15)17-20-7-9-28-17/h2-5,7,9-10,14H,6,8,11H2,1H3,(H,21,24)(H2,22,23,27). The molecule has 3 aromatic rings. The van der Waals surface area contributed by atoms with Gasteiger partial charge in [-0.1, -0.05) is 29.8 Å². The minimum atomic E-state index is -0.527. The van der Waals surface area contributed by atoms with Crippen LogP contribution >= 0.6 is 11.3 Å². The molecule has 2 aromatic heterocycles. The van der Waals surface area contributed by atoms with Gasteiger partial charge in [0, 0.05) is 24.7 Å². The molecule has 0 bridgehead atoms. The normalized spacial score (nSPS) is 16.4. The number of anilines is 1. The summed E-state index contributed by atoms with van der Waals surface area (Å²) in [6, 6.07) is 7.15. The monoisotopic (exact) mass is 396 g/mol. The van der Waals surface area contributed by atoms with E-state index in [1.165, 1.54) is 23.1 Å². The molecule has 1 aliphatic heterocycles.